The summed E-state index contributed by atoms with van der Waals surface area (Å²) in [6.07, 6.45) is 0. The summed E-state index contributed by atoms with van der Waals surface area (Å²) in [5, 5.41) is 4.11. The number of hydrogen-bond acceptors (Lipinski definition) is 2. The van der Waals surface area contributed by atoms with Crippen molar-refractivity contribution in [2.24, 2.45) is 0 Å². The Morgan fingerprint density at radius 2 is 2.23 bits per heavy atom. The number of nitrogens with zero attached hydrogens (tertiary/aromatic N) is 1. The van der Waals surface area contributed by atoms with Crippen LogP contribution in [0.2, 0.25) is 0 Å². The van der Waals surface area contributed by atoms with Gasteiger partial charge in [-0.25, -0.2) is 4.98 Å². The van der Waals surface area contributed by atoms with E-state index in [0.717, 1.165) is 16.7 Å². The minimum Gasteiger partial charge on any atom is -0.373 e. The summed E-state index contributed by atoms with van der Waals surface area (Å²) in [6, 6.07) is 11.2. The molecule has 0 saturated carbocycles. The van der Waals surface area contributed by atoms with Crippen molar-refractivity contribution in [3.05, 3.63) is 35.9 Å². The lowest BCUT2D eigenvalue weighted by atomic mass is 10.1. The van der Waals surface area contributed by atoms with Crippen LogP contribution < -0.4 is 5.32 Å². The van der Waals surface area contributed by atoms with Crippen LogP contribution in [-0.4, -0.2) is 12.0 Å². The second kappa shape index (κ2) is 3.05. The van der Waals surface area contributed by atoms with Gasteiger partial charge < -0.3 is 5.32 Å². The van der Waals surface area contributed by atoms with Crippen LogP contribution in [0, 0.1) is 13.0 Å². The molecule has 0 saturated heterocycles. The van der Waals surface area contributed by atoms with Gasteiger partial charge in [0.1, 0.15) is 5.82 Å². The van der Waals surface area contributed by atoms with Crippen LogP contribution in [0.1, 0.15) is 5.56 Å². The number of pyridine rings is 1. The molecule has 2 nitrogen and oxygen atoms in total. The van der Waals surface area contributed by atoms with E-state index < -0.39 is 0 Å². The van der Waals surface area contributed by atoms with Crippen molar-refractivity contribution >= 4 is 16.7 Å². The molecule has 1 aromatic heterocycles. The SMILES string of the molecule is CNc1[c]cc2cc(C)ccc2n1. The zero-order valence-corrected chi connectivity index (χ0v) is 7.76. The second-order valence-corrected chi connectivity index (χ2v) is 3.06. The number of aromatic nitrogens is 1. The standard InChI is InChI=1S/C11H11N2/c1-8-3-5-10-9(7-8)4-6-11(12-2)13-10/h3-5,7H,1-2H3,(H,12,13). The van der Waals surface area contributed by atoms with Gasteiger partial charge in [0.25, 0.3) is 0 Å². The molecule has 1 heterocycles. The average Bonchev–Trinajstić information content (AvgIpc) is 2.17. The smallest absolute Gasteiger partial charge is 0.134 e. The highest BCUT2D eigenvalue weighted by Crippen LogP contribution is 2.15. The molecule has 0 fully saturated rings. The summed E-state index contributed by atoms with van der Waals surface area (Å²) in [5.74, 6) is 0.788. The molecule has 0 amide bonds. The molecule has 2 aromatic rings. The van der Waals surface area contributed by atoms with E-state index in [2.05, 4.69) is 35.4 Å². The van der Waals surface area contributed by atoms with Gasteiger partial charge in [-0.3, -0.25) is 0 Å². The summed E-state index contributed by atoms with van der Waals surface area (Å²) in [4.78, 5) is 4.37. The molecule has 0 spiro atoms. The van der Waals surface area contributed by atoms with Crippen LogP contribution in [-0.2, 0) is 0 Å². The lowest BCUT2D eigenvalue weighted by Crippen LogP contribution is -1.92. The highest BCUT2D eigenvalue weighted by Gasteiger charge is 1.96. The number of benzene rings is 1. The van der Waals surface area contributed by atoms with Gasteiger partial charge in [0.2, 0.25) is 0 Å². The summed E-state index contributed by atoms with van der Waals surface area (Å²) in [6.45, 7) is 2.07. The predicted octanol–water partition coefficient (Wildman–Crippen LogP) is 2.39. The zero-order valence-electron chi connectivity index (χ0n) is 7.76. The summed E-state index contributed by atoms with van der Waals surface area (Å²) in [5.41, 5.74) is 2.26. The molecule has 0 atom stereocenters. The van der Waals surface area contributed by atoms with Gasteiger partial charge >= 0.3 is 0 Å². The Kier molecular flexibility index (Phi) is 1.89. The summed E-state index contributed by atoms with van der Waals surface area (Å²) >= 11 is 0. The number of hydrogen-bond donors (Lipinski definition) is 1. The third kappa shape index (κ3) is 1.47. The van der Waals surface area contributed by atoms with Crippen LogP contribution in [0.5, 0.6) is 0 Å². The van der Waals surface area contributed by atoms with E-state index >= 15 is 0 Å². The van der Waals surface area contributed by atoms with Gasteiger partial charge in [-0.15, -0.1) is 0 Å². The zero-order chi connectivity index (χ0) is 9.26. The maximum atomic E-state index is 4.37. The summed E-state index contributed by atoms with van der Waals surface area (Å²) in [7, 11) is 1.85. The molecule has 0 aliphatic carbocycles. The molecule has 13 heavy (non-hydrogen) atoms. The topological polar surface area (TPSA) is 24.9 Å². The minimum absolute atomic E-state index is 0.788. The maximum Gasteiger partial charge on any atom is 0.134 e. The molecule has 0 unspecified atom stereocenters. The molecule has 2 rings (SSSR count). The van der Waals surface area contributed by atoms with Crippen LogP contribution >= 0.6 is 0 Å². The number of rotatable bonds is 1. The third-order valence-corrected chi connectivity index (χ3v) is 2.02. The average molecular weight is 171 g/mol. The Labute approximate surface area is 77.6 Å². The molecule has 1 N–H and O–H groups in total. The van der Waals surface area contributed by atoms with Crippen LogP contribution in [0.25, 0.3) is 10.9 Å². The lowest BCUT2D eigenvalue weighted by molar-refractivity contribution is 1.33. The molecular weight excluding hydrogens is 160 g/mol. The van der Waals surface area contributed by atoms with Crippen molar-refractivity contribution in [3.8, 4) is 0 Å². The predicted molar refractivity (Wildman–Crippen MR) is 54.9 cm³/mol. The van der Waals surface area contributed by atoms with Crippen molar-refractivity contribution in [3.63, 3.8) is 0 Å². The maximum absolute atomic E-state index is 4.37. The highest BCUT2D eigenvalue weighted by molar-refractivity contribution is 5.80. The van der Waals surface area contributed by atoms with Crippen molar-refractivity contribution < 1.29 is 0 Å². The Hall–Kier alpha value is -1.57. The number of fused-ring (bicyclic) bond motifs is 1. The quantitative estimate of drug-likeness (QED) is 0.712. The van der Waals surface area contributed by atoms with E-state index in [-0.39, 0.29) is 0 Å². The third-order valence-electron chi connectivity index (χ3n) is 2.02. The van der Waals surface area contributed by atoms with Crippen molar-refractivity contribution in [2.75, 3.05) is 12.4 Å². The Bertz CT molecular complexity index is 435. The van der Waals surface area contributed by atoms with Gasteiger partial charge in [-0.2, -0.15) is 0 Å². The minimum atomic E-state index is 0.788. The van der Waals surface area contributed by atoms with E-state index in [4.69, 9.17) is 0 Å². The number of anilines is 1. The molecule has 65 valence electrons. The fourth-order valence-electron chi connectivity index (χ4n) is 1.32. The molecular formula is C11H11N2. The van der Waals surface area contributed by atoms with E-state index in [0.29, 0.717) is 0 Å². The van der Waals surface area contributed by atoms with E-state index in [1.807, 2.05) is 19.2 Å². The van der Waals surface area contributed by atoms with Crippen LogP contribution in [0.15, 0.2) is 24.3 Å². The Morgan fingerprint density at radius 1 is 1.38 bits per heavy atom. The fraction of sp³-hybridized carbons (Fsp3) is 0.182. The molecule has 0 bridgehead atoms. The molecule has 0 aliphatic heterocycles. The van der Waals surface area contributed by atoms with Gasteiger partial charge in [0.15, 0.2) is 0 Å². The fourth-order valence-corrected chi connectivity index (χ4v) is 1.32. The van der Waals surface area contributed by atoms with Crippen molar-refractivity contribution in [2.45, 2.75) is 6.92 Å². The summed E-state index contributed by atoms with van der Waals surface area (Å²) < 4.78 is 0. The first-order chi connectivity index (χ1) is 6.29. The normalized spacial score (nSPS) is 10.3. The van der Waals surface area contributed by atoms with Crippen LogP contribution in [0.3, 0.4) is 0 Å². The largest absolute Gasteiger partial charge is 0.373 e. The lowest BCUT2D eigenvalue weighted by Gasteiger charge is -2.01. The van der Waals surface area contributed by atoms with E-state index in [1.165, 1.54) is 5.56 Å². The van der Waals surface area contributed by atoms with Crippen molar-refractivity contribution in [1.29, 1.82) is 0 Å². The van der Waals surface area contributed by atoms with E-state index in [9.17, 15) is 0 Å². The molecule has 0 aliphatic rings. The Balaban J connectivity index is 2.66. The highest BCUT2D eigenvalue weighted by atomic mass is 15.0. The molecule has 1 aromatic carbocycles. The monoisotopic (exact) mass is 171 g/mol. The van der Waals surface area contributed by atoms with Crippen LogP contribution in [0.4, 0.5) is 5.82 Å². The van der Waals surface area contributed by atoms with Gasteiger partial charge in [0, 0.05) is 18.5 Å². The Morgan fingerprint density at radius 3 is 3.00 bits per heavy atom. The van der Waals surface area contributed by atoms with Gasteiger partial charge in [-0.05, 0) is 25.1 Å². The first-order valence-corrected chi connectivity index (χ1v) is 4.26. The first-order valence-electron chi connectivity index (χ1n) is 4.26. The van der Waals surface area contributed by atoms with Gasteiger partial charge in [0.05, 0.1) is 5.52 Å². The van der Waals surface area contributed by atoms with E-state index in [1.54, 1.807) is 0 Å². The molecule has 1 radical (unpaired) electrons. The second-order valence-electron chi connectivity index (χ2n) is 3.06. The van der Waals surface area contributed by atoms with Crippen molar-refractivity contribution in [1.82, 2.24) is 4.98 Å². The molecule has 2 heteroatoms. The number of nitrogens with one attached hydrogen (secondary N) is 1. The number of aryl methyl sites for hydroxylation is 1. The van der Waals surface area contributed by atoms with Gasteiger partial charge in [-0.1, -0.05) is 11.6 Å². The first kappa shape index (κ1) is 8.05.